The van der Waals surface area contributed by atoms with E-state index in [9.17, 15) is 22.4 Å². The molecule has 10 nitrogen and oxygen atoms in total. The lowest BCUT2D eigenvalue weighted by molar-refractivity contribution is 0.402. The molecule has 2 heterocycles. The molecule has 12 heteroatoms. The Labute approximate surface area is 247 Å². The summed E-state index contributed by atoms with van der Waals surface area (Å²) in [5.74, 6) is -0.354. The van der Waals surface area contributed by atoms with Crippen LogP contribution in [0.3, 0.4) is 0 Å². The Balaban J connectivity index is 1.55. The molecule has 0 fully saturated rings. The highest BCUT2D eigenvalue weighted by Crippen LogP contribution is 2.31. The van der Waals surface area contributed by atoms with Gasteiger partial charge in [-0.3, -0.25) is 19.1 Å². The van der Waals surface area contributed by atoms with E-state index in [0.29, 0.717) is 35.6 Å². The van der Waals surface area contributed by atoms with Crippen molar-refractivity contribution < 1.29 is 17.5 Å². The highest BCUT2D eigenvalue weighted by Gasteiger charge is 2.24. The molecule has 0 bridgehead atoms. The first kappa shape index (κ1) is 29.8. The van der Waals surface area contributed by atoms with Gasteiger partial charge in [-0.05, 0) is 66.8 Å². The molecule has 0 aliphatic heterocycles. The van der Waals surface area contributed by atoms with Crippen LogP contribution in [-0.2, 0) is 23.0 Å². The van der Waals surface area contributed by atoms with Crippen molar-refractivity contribution in [2.24, 2.45) is 0 Å². The number of nitrogens with zero attached hydrogens (tertiary/aromatic N) is 2. The number of sulfonamides is 1. The number of hydrogen-bond acceptors (Lipinski definition) is 6. The number of aromatic nitrogens is 4. The molecular weight excluding hydrogens is 573 g/mol. The SMILES string of the molecule is CCCCn1c(=O)[nH]c(=O)c2[nH]c(C(Cc3ccccc3F)c3ccc(NS(=O)(=O)c4cc(C)ccc4OC)cc3)nc21. The predicted molar refractivity (Wildman–Crippen MR) is 163 cm³/mol. The second-order valence-electron chi connectivity index (χ2n) is 10.3. The fourth-order valence-electron chi connectivity index (χ4n) is 4.99. The van der Waals surface area contributed by atoms with Gasteiger partial charge in [0.25, 0.3) is 15.6 Å². The molecule has 3 aromatic carbocycles. The van der Waals surface area contributed by atoms with E-state index in [2.05, 4.69) is 19.7 Å². The van der Waals surface area contributed by atoms with E-state index in [1.165, 1.54) is 23.8 Å². The van der Waals surface area contributed by atoms with E-state index in [1.807, 2.05) is 6.92 Å². The molecule has 1 atom stereocenters. The number of aryl methyl sites for hydroxylation is 2. The topological polar surface area (TPSA) is 139 Å². The van der Waals surface area contributed by atoms with Crippen LogP contribution in [0.1, 0.15) is 48.2 Å². The normalized spacial score (nSPS) is 12.4. The number of imidazole rings is 1. The molecule has 0 aliphatic rings. The largest absolute Gasteiger partial charge is 0.495 e. The number of halogens is 1. The number of anilines is 1. The zero-order valence-electron chi connectivity index (χ0n) is 24.0. The Morgan fingerprint density at radius 2 is 1.79 bits per heavy atom. The molecule has 5 aromatic rings. The molecule has 0 amide bonds. The van der Waals surface area contributed by atoms with E-state index in [0.717, 1.165) is 12.0 Å². The summed E-state index contributed by atoms with van der Waals surface area (Å²) in [5, 5.41) is 0. The van der Waals surface area contributed by atoms with Crippen LogP contribution in [0.4, 0.5) is 10.1 Å². The van der Waals surface area contributed by atoms with Crippen LogP contribution in [0.25, 0.3) is 11.2 Å². The fraction of sp³-hybridized carbons (Fsp3) is 0.258. The molecular formula is C31H32FN5O5S. The molecule has 0 spiro atoms. The smallest absolute Gasteiger partial charge is 0.330 e. The molecule has 0 saturated heterocycles. The lowest BCUT2D eigenvalue weighted by Crippen LogP contribution is -2.30. The summed E-state index contributed by atoms with van der Waals surface area (Å²) in [4.78, 5) is 35.4. The van der Waals surface area contributed by atoms with Gasteiger partial charge in [-0.15, -0.1) is 0 Å². The summed E-state index contributed by atoms with van der Waals surface area (Å²) in [6, 6.07) is 17.9. The Hall–Kier alpha value is -4.71. The maximum atomic E-state index is 14.8. The number of aromatic amines is 2. The Kier molecular flexibility index (Phi) is 8.49. The third kappa shape index (κ3) is 6.24. The van der Waals surface area contributed by atoms with Crippen molar-refractivity contribution >= 4 is 26.9 Å². The Bertz CT molecular complexity index is 2000. The second-order valence-corrected chi connectivity index (χ2v) is 12.0. The van der Waals surface area contributed by atoms with Crippen molar-refractivity contribution in [3.63, 3.8) is 0 Å². The molecule has 1 unspecified atom stereocenters. The minimum absolute atomic E-state index is 0.0122. The fourth-order valence-corrected chi connectivity index (χ4v) is 6.30. The number of nitrogens with one attached hydrogen (secondary N) is 3. The van der Waals surface area contributed by atoms with Gasteiger partial charge >= 0.3 is 5.69 Å². The summed E-state index contributed by atoms with van der Waals surface area (Å²) in [7, 11) is -2.56. The van der Waals surface area contributed by atoms with E-state index < -0.39 is 33.0 Å². The predicted octanol–water partition coefficient (Wildman–Crippen LogP) is 4.84. The Morgan fingerprint density at radius 1 is 1.05 bits per heavy atom. The van der Waals surface area contributed by atoms with Gasteiger partial charge in [-0.25, -0.2) is 22.6 Å². The van der Waals surface area contributed by atoms with E-state index >= 15 is 0 Å². The van der Waals surface area contributed by atoms with E-state index in [-0.39, 0.29) is 28.2 Å². The lowest BCUT2D eigenvalue weighted by atomic mass is 9.91. The Morgan fingerprint density at radius 3 is 2.49 bits per heavy atom. The first-order chi connectivity index (χ1) is 20.6. The first-order valence-corrected chi connectivity index (χ1v) is 15.3. The third-order valence-electron chi connectivity index (χ3n) is 7.27. The number of H-pyrrole nitrogens is 2. The van der Waals surface area contributed by atoms with Crippen LogP contribution < -0.4 is 20.7 Å². The number of unbranched alkanes of at least 4 members (excludes halogenated alkanes) is 1. The van der Waals surface area contributed by atoms with Crippen molar-refractivity contribution in [3.8, 4) is 5.75 Å². The van der Waals surface area contributed by atoms with Crippen LogP contribution in [0, 0.1) is 12.7 Å². The monoisotopic (exact) mass is 605 g/mol. The lowest BCUT2D eigenvalue weighted by Gasteiger charge is -2.17. The average Bonchev–Trinajstić information content (AvgIpc) is 3.43. The summed E-state index contributed by atoms with van der Waals surface area (Å²) >= 11 is 0. The van der Waals surface area contributed by atoms with Gasteiger partial charge in [-0.2, -0.15) is 0 Å². The summed E-state index contributed by atoms with van der Waals surface area (Å²) < 4.78 is 50.5. The second kappa shape index (κ2) is 12.3. The number of methoxy groups -OCH3 is 1. The molecule has 0 saturated carbocycles. The highest BCUT2D eigenvalue weighted by atomic mass is 32.2. The van der Waals surface area contributed by atoms with E-state index in [4.69, 9.17) is 4.74 Å². The minimum Gasteiger partial charge on any atom is -0.495 e. The molecule has 0 radical (unpaired) electrons. The van der Waals surface area contributed by atoms with Crippen molar-refractivity contribution in [2.45, 2.75) is 50.5 Å². The number of rotatable bonds is 11. The van der Waals surface area contributed by atoms with Gasteiger partial charge < -0.3 is 9.72 Å². The van der Waals surface area contributed by atoms with Crippen LogP contribution in [0.15, 0.2) is 81.2 Å². The van der Waals surface area contributed by atoms with Gasteiger partial charge in [0.2, 0.25) is 0 Å². The van der Waals surface area contributed by atoms with Crippen molar-refractivity contribution in [3.05, 3.63) is 116 Å². The van der Waals surface area contributed by atoms with Gasteiger partial charge in [0.1, 0.15) is 27.8 Å². The average molecular weight is 606 g/mol. The van der Waals surface area contributed by atoms with Gasteiger partial charge in [-0.1, -0.05) is 49.7 Å². The van der Waals surface area contributed by atoms with Crippen LogP contribution in [0.5, 0.6) is 5.75 Å². The van der Waals surface area contributed by atoms with Crippen LogP contribution in [0.2, 0.25) is 0 Å². The number of benzene rings is 3. The molecule has 43 heavy (non-hydrogen) atoms. The van der Waals surface area contributed by atoms with E-state index in [1.54, 1.807) is 61.5 Å². The molecule has 5 rings (SSSR count). The molecule has 0 aliphatic carbocycles. The number of ether oxygens (including phenoxy) is 1. The highest BCUT2D eigenvalue weighted by molar-refractivity contribution is 7.92. The van der Waals surface area contributed by atoms with Crippen molar-refractivity contribution in [1.82, 2.24) is 19.5 Å². The molecule has 3 N–H and O–H groups in total. The van der Waals surface area contributed by atoms with Gasteiger partial charge in [0.15, 0.2) is 5.65 Å². The number of fused-ring (bicyclic) bond motifs is 1. The van der Waals surface area contributed by atoms with Crippen molar-refractivity contribution in [2.75, 3.05) is 11.8 Å². The summed E-state index contributed by atoms with van der Waals surface area (Å²) in [6.45, 7) is 4.17. The summed E-state index contributed by atoms with van der Waals surface area (Å²) in [6.07, 6.45) is 1.75. The summed E-state index contributed by atoms with van der Waals surface area (Å²) in [5.41, 5.74) is 1.44. The molecule has 2 aromatic heterocycles. The van der Waals surface area contributed by atoms with Crippen LogP contribution >= 0.6 is 0 Å². The number of hydrogen-bond donors (Lipinski definition) is 3. The van der Waals surface area contributed by atoms with Gasteiger partial charge in [0.05, 0.1) is 7.11 Å². The first-order valence-electron chi connectivity index (χ1n) is 13.8. The minimum atomic E-state index is -3.97. The maximum absolute atomic E-state index is 14.8. The standard InChI is InChI=1S/C31H32FN5O5S/c1-4-5-16-37-29-27(30(38)35-31(37)39)33-28(34-29)23(18-21-8-6-7-9-24(21)32)20-11-13-22(14-12-20)36-43(40,41)26-17-19(2)10-15-25(26)42-3/h6-15,17,23,36H,4-5,16,18H2,1-3H3,(H,33,34)(H,35,38,39). The zero-order chi connectivity index (χ0) is 30.7. The maximum Gasteiger partial charge on any atom is 0.330 e. The van der Waals surface area contributed by atoms with Crippen molar-refractivity contribution in [1.29, 1.82) is 0 Å². The quantitative estimate of drug-likeness (QED) is 0.197. The third-order valence-corrected chi connectivity index (χ3v) is 8.68. The van der Waals surface area contributed by atoms with Gasteiger partial charge in [0, 0.05) is 18.2 Å². The zero-order valence-corrected chi connectivity index (χ0v) is 24.8. The van der Waals surface area contributed by atoms with Crippen LogP contribution in [-0.4, -0.2) is 35.0 Å². The molecule has 224 valence electrons.